The molecule has 0 aromatic heterocycles. The Hall–Kier alpha value is -2.12. The van der Waals surface area contributed by atoms with Gasteiger partial charge in [0.2, 0.25) is 0 Å². The molecule has 1 unspecified atom stereocenters. The monoisotopic (exact) mass is 495 g/mol. The fourth-order valence-electron chi connectivity index (χ4n) is 5.70. The maximum Gasteiger partial charge on any atom is 0.162 e. The minimum Gasteiger partial charge on any atom is -0.390 e. The van der Waals surface area contributed by atoms with Gasteiger partial charge in [-0.25, -0.2) is 4.39 Å². The van der Waals surface area contributed by atoms with Crippen LogP contribution in [0.25, 0.3) is 0 Å². The Balaban J connectivity index is 1.26. The molecule has 196 valence electrons. The Morgan fingerprint density at radius 2 is 1.81 bits per heavy atom. The van der Waals surface area contributed by atoms with E-state index in [0.29, 0.717) is 18.9 Å². The highest BCUT2D eigenvalue weighted by molar-refractivity contribution is 5.96. The number of fused-ring (bicyclic) bond motifs is 1. The van der Waals surface area contributed by atoms with Gasteiger partial charge in [-0.3, -0.25) is 9.69 Å². The lowest BCUT2D eigenvalue weighted by molar-refractivity contribution is 0.0698. The van der Waals surface area contributed by atoms with Crippen molar-refractivity contribution in [3.63, 3.8) is 0 Å². The normalized spacial score (nSPS) is 18.7. The zero-order valence-corrected chi connectivity index (χ0v) is 22.0. The van der Waals surface area contributed by atoms with Crippen molar-refractivity contribution in [2.75, 3.05) is 46.8 Å². The third-order valence-corrected chi connectivity index (χ3v) is 7.69. The maximum atomic E-state index is 13.3. The van der Waals surface area contributed by atoms with Crippen molar-refractivity contribution in [2.45, 2.75) is 57.7 Å². The number of aryl methyl sites for hydroxylation is 1. The molecule has 0 amide bonds. The molecule has 1 saturated heterocycles. The Morgan fingerprint density at radius 1 is 1.06 bits per heavy atom. The van der Waals surface area contributed by atoms with Crippen LogP contribution in [0.1, 0.15) is 59.2 Å². The molecule has 36 heavy (non-hydrogen) atoms. The van der Waals surface area contributed by atoms with Crippen molar-refractivity contribution in [1.82, 2.24) is 14.7 Å². The SMILES string of the molecule is CN(C)CC(O)CN1CCC(CCC(=O)c2ccc3c(c2)CN(Cc2ccc(F)cc2)CCC3)CC1. The van der Waals surface area contributed by atoms with Gasteiger partial charge < -0.3 is 14.9 Å². The number of aliphatic hydroxyl groups is 1. The van der Waals surface area contributed by atoms with E-state index < -0.39 is 0 Å². The molecule has 6 heteroatoms. The molecule has 0 saturated carbocycles. The highest BCUT2D eigenvalue weighted by atomic mass is 19.1. The zero-order valence-electron chi connectivity index (χ0n) is 22.0. The number of nitrogens with zero attached hydrogens (tertiary/aromatic N) is 3. The number of carbonyl (C=O) groups is 1. The van der Waals surface area contributed by atoms with E-state index in [2.05, 4.69) is 21.9 Å². The van der Waals surface area contributed by atoms with Crippen LogP contribution >= 0.6 is 0 Å². The number of likely N-dealkylation sites (N-methyl/N-ethyl adjacent to an activating group) is 1. The van der Waals surface area contributed by atoms with Crippen LogP contribution in [0.15, 0.2) is 42.5 Å². The van der Waals surface area contributed by atoms with Crippen molar-refractivity contribution < 1.29 is 14.3 Å². The summed E-state index contributed by atoms with van der Waals surface area (Å²) < 4.78 is 13.3. The van der Waals surface area contributed by atoms with E-state index in [1.807, 2.05) is 37.2 Å². The second-order valence-electron chi connectivity index (χ2n) is 11.0. The summed E-state index contributed by atoms with van der Waals surface area (Å²) in [6, 6.07) is 13.1. The first-order valence-electron chi connectivity index (χ1n) is 13.5. The summed E-state index contributed by atoms with van der Waals surface area (Å²) in [5.74, 6) is 0.631. The number of hydrogen-bond acceptors (Lipinski definition) is 5. The lowest BCUT2D eigenvalue weighted by Crippen LogP contribution is -2.42. The average Bonchev–Trinajstić information content (AvgIpc) is 3.05. The van der Waals surface area contributed by atoms with Crippen LogP contribution in [-0.4, -0.2) is 78.5 Å². The van der Waals surface area contributed by atoms with Crippen molar-refractivity contribution >= 4 is 5.78 Å². The van der Waals surface area contributed by atoms with Crippen molar-refractivity contribution in [2.24, 2.45) is 5.92 Å². The van der Waals surface area contributed by atoms with Crippen molar-refractivity contribution in [3.8, 4) is 0 Å². The Bertz CT molecular complexity index is 986. The molecule has 1 fully saturated rings. The molecule has 2 heterocycles. The van der Waals surface area contributed by atoms with Gasteiger partial charge in [0.25, 0.3) is 0 Å². The molecule has 5 nitrogen and oxygen atoms in total. The number of Topliss-reactive ketones (excluding diaryl/α,β-unsaturated/α-hetero) is 1. The topological polar surface area (TPSA) is 47.0 Å². The molecule has 0 spiro atoms. The second kappa shape index (κ2) is 12.9. The molecule has 2 aromatic rings. The fraction of sp³-hybridized carbons (Fsp3) is 0.567. The molecule has 1 atom stereocenters. The van der Waals surface area contributed by atoms with E-state index in [4.69, 9.17) is 0 Å². The highest BCUT2D eigenvalue weighted by Crippen LogP contribution is 2.25. The molecule has 0 radical (unpaired) electrons. The molecule has 0 bridgehead atoms. The van der Waals surface area contributed by atoms with E-state index in [-0.39, 0.29) is 17.7 Å². The number of ketones is 1. The predicted octanol–water partition coefficient (Wildman–Crippen LogP) is 4.37. The van der Waals surface area contributed by atoms with Crippen molar-refractivity contribution in [3.05, 3.63) is 70.5 Å². The second-order valence-corrected chi connectivity index (χ2v) is 11.0. The summed E-state index contributed by atoms with van der Waals surface area (Å²) in [4.78, 5) is 19.9. The third kappa shape index (κ3) is 7.94. The maximum absolute atomic E-state index is 13.3. The molecule has 4 rings (SSSR count). The molecular formula is C30H42FN3O2. The van der Waals surface area contributed by atoms with Gasteiger partial charge >= 0.3 is 0 Å². The number of likely N-dealkylation sites (tertiary alicyclic amines) is 1. The van der Waals surface area contributed by atoms with Crippen LogP contribution in [-0.2, 0) is 19.5 Å². The molecule has 0 aliphatic carbocycles. The number of β-amino-alcohol motifs (C(OH)–C–C–N with tert-alkyl or cyclic N) is 1. The molecule has 2 aliphatic heterocycles. The Labute approximate surface area is 215 Å². The number of rotatable bonds is 10. The lowest BCUT2D eigenvalue weighted by Gasteiger charge is -2.33. The van der Waals surface area contributed by atoms with E-state index in [1.165, 1.54) is 23.3 Å². The van der Waals surface area contributed by atoms with Gasteiger partial charge in [0.05, 0.1) is 6.10 Å². The number of piperidine rings is 1. The first kappa shape index (κ1) is 26.9. The van der Waals surface area contributed by atoms with E-state index in [1.54, 1.807) is 0 Å². The summed E-state index contributed by atoms with van der Waals surface area (Å²) >= 11 is 0. The van der Waals surface area contributed by atoms with Gasteiger partial charge in [0.1, 0.15) is 5.82 Å². The summed E-state index contributed by atoms with van der Waals surface area (Å²) in [5.41, 5.74) is 4.55. The average molecular weight is 496 g/mol. The van der Waals surface area contributed by atoms with Gasteiger partial charge in [-0.1, -0.05) is 24.3 Å². The fourth-order valence-corrected chi connectivity index (χ4v) is 5.70. The smallest absolute Gasteiger partial charge is 0.162 e. The van der Waals surface area contributed by atoms with E-state index in [9.17, 15) is 14.3 Å². The van der Waals surface area contributed by atoms with Gasteiger partial charge in [0.15, 0.2) is 5.78 Å². The number of aliphatic hydroxyl groups excluding tert-OH is 1. The van der Waals surface area contributed by atoms with Crippen LogP contribution in [0.3, 0.4) is 0 Å². The lowest BCUT2D eigenvalue weighted by atomic mass is 9.89. The number of hydrogen-bond donors (Lipinski definition) is 1. The van der Waals surface area contributed by atoms with Gasteiger partial charge in [-0.15, -0.1) is 0 Å². The number of halogens is 1. The zero-order chi connectivity index (χ0) is 25.5. The van der Waals surface area contributed by atoms with Crippen LogP contribution < -0.4 is 0 Å². The standard InChI is InChI=1S/C30H42FN3O2/c1-32(2)21-29(35)22-33-16-13-23(14-17-33)7-12-30(36)26-9-8-25-4-3-15-34(20-27(25)18-26)19-24-5-10-28(31)11-6-24/h5-6,8-11,18,23,29,35H,3-4,7,12-17,19-22H2,1-2H3. The number of benzene rings is 2. The van der Waals surface area contributed by atoms with E-state index >= 15 is 0 Å². The molecular weight excluding hydrogens is 453 g/mol. The summed E-state index contributed by atoms with van der Waals surface area (Å²) in [6.07, 6.45) is 5.57. The van der Waals surface area contributed by atoms with Crippen LogP contribution in [0, 0.1) is 11.7 Å². The predicted molar refractivity (Wildman–Crippen MR) is 143 cm³/mol. The van der Waals surface area contributed by atoms with Gasteiger partial charge in [-0.05, 0) is 107 Å². The first-order chi connectivity index (χ1) is 17.4. The van der Waals surface area contributed by atoms with Crippen LogP contribution in [0.5, 0.6) is 0 Å². The molecule has 2 aromatic carbocycles. The van der Waals surface area contributed by atoms with Gasteiger partial charge in [-0.2, -0.15) is 0 Å². The summed E-state index contributed by atoms with van der Waals surface area (Å²) in [5, 5.41) is 10.2. The minimum atomic E-state index is -0.307. The highest BCUT2D eigenvalue weighted by Gasteiger charge is 2.23. The van der Waals surface area contributed by atoms with Crippen molar-refractivity contribution in [1.29, 1.82) is 0 Å². The largest absolute Gasteiger partial charge is 0.390 e. The summed E-state index contributed by atoms with van der Waals surface area (Å²) in [7, 11) is 3.97. The molecule has 2 aliphatic rings. The van der Waals surface area contributed by atoms with Crippen LogP contribution in [0.2, 0.25) is 0 Å². The van der Waals surface area contributed by atoms with Crippen LogP contribution in [0.4, 0.5) is 4.39 Å². The Kier molecular flexibility index (Phi) is 9.66. The minimum absolute atomic E-state index is 0.201. The van der Waals surface area contributed by atoms with Gasteiger partial charge in [0, 0.05) is 38.2 Å². The quantitative estimate of drug-likeness (QED) is 0.496. The Morgan fingerprint density at radius 3 is 2.53 bits per heavy atom. The van der Waals surface area contributed by atoms with E-state index in [0.717, 1.165) is 82.5 Å². The third-order valence-electron chi connectivity index (χ3n) is 7.69. The summed E-state index contributed by atoms with van der Waals surface area (Å²) in [6.45, 7) is 6.06. The first-order valence-corrected chi connectivity index (χ1v) is 13.5. The molecule has 1 N–H and O–H groups in total. The number of carbonyl (C=O) groups excluding carboxylic acids is 1.